The molecule has 0 amide bonds. The second kappa shape index (κ2) is 4.39. The summed E-state index contributed by atoms with van der Waals surface area (Å²) in [7, 11) is 4.61. The molecule has 0 radical (unpaired) electrons. The Morgan fingerprint density at radius 3 is 2.53 bits per heavy atom. The number of anilines is 1. The Kier molecular flexibility index (Phi) is 3.03. The minimum absolute atomic E-state index is 0.308. The molecule has 8 nitrogen and oxygen atoms in total. The Bertz CT molecular complexity index is 764. The van der Waals surface area contributed by atoms with Crippen LogP contribution in [0.3, 0.4) is 0 Å². The van der Waals surface area contributed by atoms with Gasteiger partial charge in [-0.25, -0.2) is 10.6 Å². The molecule has 0 aliphatic rings. The fraction of sp³-hybridized carbons (Fsp3) is 0.364. The first kappa shape index (κ1) is 13.1. The maximum atomic E-state index is 12.2. The van der Waals surface area contributed by atoms with Crippen LogP contribution in [0.15, 0.2) is 22.2 Å². The largest absolute Gasteiger partial charge is 0.332 e. The third-order valence-electron chi connectivity index (χ3n) is 2.95. The van der Waals surface area contributed by atoms with E-state index >= 15 is 0 Å². The van der Waals surface area contributed by atoms with Crippen LogP contribution in [0.25, 0.3) is 11.2 Å². The van der Waals surface area contributed by atoms with E-state index in [4.69, 9.17) is 5.84 Å². The van der Waals surface area contributed by atoms with E-state index in [1.54, 1.807) is 24.7 Å². The van der Waals surface area contributed by atoms with Gasteiger partial charge in [0.1, 0.15) is 0 Å². The Balaban J connectivity index is 3.05. The summed E-state index contributed by atoms with van der Waals surface area (Å²) >= 11 is 0. The van der Waals surface area contributed by atoms with Gasteiger partial charge in [-0.3, -0.25) is 23.5 Å². The topological polar surface area (TPSA) is 91.1 Å². The van der Waals surface area contributed by atoms with Crippen LogP contribution in [-0.2, 0) is 20.6 Å². The third kappa shape index (κ3) is 1.76. The van der Waals surface area contributed by atoms with Gasteiger partial charge in [0.25, 0.3) is 5.56 Å². The highest BCUT2D eigenvalue weighted by atomic mass is 16.2. The molecule has 0 aliphatic heterocycles. The third-order valence-corrected chi connectivity index (χ3v) is 2.95. The van der Waals surface area contributed by atoms with E-state index < -0.39 is 11.2 Å². The van der Waals surface area contributed by atoms with E-state index in [1.807, 2.05) is 0 Å². The molecule has 8 heteroatoms. The molecule has 0 aliphatic carbocycles. The predicted octanol–water partition coefficient (Wildman–Crippen LogP) is -1.07. The monoisotopic (exact) mass is 264 g/mol. The number of nitrogens with zero attached hydrogens (tertiary/aromatic N) is 5. The Morgan fingerprint density at radius 2 is 2.00 bits per heavy atom. The van der Waals surface area contributed by atoms with Crippen LogP contribution in [-0.4, -0.2) is 25.7 Å². The fourth-order valence-electron chi connectivity index (χ4n) is 2.01. The van der Waals surface area contributed by atoms with Crippen molar-refractivity contribution in [2.24, 2.45) is 19.9 Å². The van der Waals surface area contributed by atoms with E-state index in [9.17, 15) is 9.59 Å². The van der Waals surface area contributed by atoms with E-state index in [1.165, 1.54) is 16.6 Å². The number of nitrogens with two attached hydrogens (primary N) is 1. The number of allylic oxidation sites excluding steroid dienone is 1. The van der Waals surface area contributed by atoms with E-state index in [0.29, 0.717) is 23.7 Å². The van der Waals surface area contributed by atoms with Crippen molar-refractivity contribution in [2.75, 3.05) is 12.1 Å². The average molecular weight is 264 g/mol. The van der Waals surface area contributed by atoms with Crippen LogP contribution >= 0.6 is 0 Å². The molecule has 2 aromatic heterocycles. The van der Waals surface area contributed by atoms with Crippen LogP contribution in [0.2, 0.25) is 0 Å². The summed E-state index contributed by atoms with van der Waals surface area (Å²) < 4.78 is 4.00. The molecular formula is C11H16N6O2. The molecule has 2 N–H and O–H groups in total. The normalized spacial score (nSPS) is 10.9. The van der Waals surface area contributed by atoms with E-state index in [2.05, 4.69) is 11.6 Å². The van der Waals surface area contributed by atoms with Crippen LogP contribution in [0.4, 0.5) is 5.95 Å². The molecular weight excluding hydrogens is 248 g/mol. The van der Waals surface area contributed by atoms with Gasteiger partial charge in [-0.1, -0.05) is 6.08 Å². The van der Waals surface area contributed by atoms with Gasteiger partial charge in [0.2, 0.25) is 5.95 Å². The molecule has 2 aromatic rings. The van der Waals surface area contributed by atoms with Crippen molar-refractivity contribution in [3.63, 3.8) is 0 Å². The highest BCUT2D eigenvalue weighted by Gasteiger charge is 2.19. The van der Waals surface area contributed by atoms with Gasteiger partial charge in [0.15, 0.2) is 11.2 Å². The van der Waals surface area contributed by atoms with Crippen molar-refractivity contribution in [1.82, 2.24) is 18.7 Å². The predicted molar refractivity (Wildman–Crippen MR) is 73.0 cm³/mol. The zero-order valence-electron chi connectivity index (χ0n) is 11.1. The first-order valence-corrected chi connectivity index (χ1v) is 5.65. The number of fused-ring (bicyclic) bond motifs is 1. The van der Waals surface area contributed by atoms with Crippen LogP contribution in [0.5, 0.6) is 0 Å². The Labute approximate surface area is 109 Å². The second-order valence-electron chi connectivity index (χ2n) is 4.30. The average Bonchev–Trinajstić information content (AvgIpc) is 2.74. The summed E-state index contributed by atoms with van der Waals surface area (Å²) in [4.78, 5) is 28.4. The van der Waals surface area contributed by atoms with Crippen molar-refractivity contribution in [3.05, 3.63) is 33.5 Å². The molecule has 0 spiro atoms. The van der Waals surface area contributed by atoms with Gasteiger partial charge in [-0.15, -0.1) is 6.58 Å². The first-order valence-electron chi connectivity index (χ1n) is 5.65. The number of aromatic nitrogens is 4. The molecule has 0 bridgehead atoms. The van der Waals surface area contributed by atoms with Crippen molar-refractivity contribution in [1.29, 1.82) is 0 Å². The lowest BCUT2D eigenvalue weighted by molar-refractivity contribution is 0.703. The second-order valence-corrected chi connectivity index (χ2v) is 4.30. The first-order chi connectivity index (χ1) is 8.90. The van der Waals surface area contributed by atoms with Crippen molar-refractivity contribution < 1.29 is 0 Å². The number of hydrazine groups is 1. The fourth-order valence-corrected chi connectivity index (χ4v) is 2.01. The molecule has 2 rings (SSSR count). The molecule has 0 atom stereocenters. The molecule has 0 saturated heterocycles. The lowest BCUT2D eigenvalue weighted by atomic mass is 10.5. The van der Waals surface area contributed by atoms with Crippen molar-refractivity contribution in [2.45, 2.75) is 6.54 Å². The minimum Gasteiger partial charge on any atom is -0.299 e. The summed E-state index contributed by atoms with van der Waals surface area (Å²) in [6.07, 6.45) is 1.64. The van der Waals surface area contributed by atoms with E-state index in [0.717, 1.165) is 4.57 Å². The maximum Gasteiger partial charge on any atom is 0.332 e. The molecule has 102 valence electrons. The van der Waals surface area contributed by atoms with Crippen LogP contribution in [0, 0.1) is 0 Å². The molecule has 0 unspecified atom stereocenters. The molecule has 0 aromatic carbocycles. The van der Waals surface area contributed by atoms with Gasteiger partial charge in [0, 0.05) is 27.7 Å². The van der Waals surface area contributed by atoms with Gasteiger partial charge >= 0.3 is 5.69 Å². The lowest BCUT2D eigenvalue weighted by Crippen LogP contribution is -2.37. The highest BCUT2D eigenvalue weighted by molar-refractivity contribution is 5.74. The standard InChI is InChI=1S/C11H16N6O2/c1-5-6-17-7-8(13-10(17)16(4)12)14(2)11(19)15(3)9(7)18/h5H,1,6,12H2,2-4H3. The quantitative estimate of drug-likeness (QED) is 0.433. The number of rotatable bonds is 3. The van der Waals surface area contributed by atoms with Crippen LogP contribution < -0.4 is 22.1 Å². The maximum absolute atomic E-state index is 12.2. The highest BCUT2D eigenvalue weighted by Crippen LogP contribution is 2.16. The smallest absolute Gasteiger partial charge is 0.299 e. The number of imidazole rings is 1. The van der Waals surface area contributed by atoms with Crippen molar-refractivity contribution >= 4 is 17.1 Å². The van der Waals surface area contributed by atoms with Gasteiger partial charge in [-0.05, 0) is 0 Å². The minimum atomic E-state index is -0.424. The lowest BCUT2D eigenvalue weighted by Gasteiger charge is -2.12. The SMILES string of the molecule is C=CCn1c(N(C)N)nc2c1c(=O)n(C)c(=O)n2C. The molecule has 0 fully saturated rings. The molecule has 2 heterocycles. The van der Waals surface area contributed by atoms with Gasteiger partial charge < -0.3 is 0 Å². The summed E-state index contributed by atoms with van der Waals surface area (Å²) in [5, 5.41) is 1.30. The zero-order chi connectivity index (χ0) is 14.3. The Hall–Kier alpha value is -2.35. The summed E-state index contributed by atoms with van der Waals surface area (Å²) in [6.45, 7) is 4.03. The van der Waals surface area contributed by atoms with Crippen LogP contribution in [0.1, 0.15) is 0 Å². The molecule has 0 saturated carbocycles. The van der Waals surface area contributed by atoms with E-state index in [-0.39, 0.29) is 0 Å². The zero-order valence-corrected chi connectivity index (χ0v) is 11.1. The van der Waals surface area contributed by atoms with Gasteiger partial charge in [0.05, 0.1) is 0 Å². The Morgan fingerprint density at radius 1 is 1.37 bits per heavy atom. The number of hydrogen-bond donors (Lipinski definition) is 1. The number of hydrogen-bond acceptors (Lipinski definition) is 5. The molecule has 19 heavy (non-hydrogen) atoms. The summed E-state index contributed by atoms with van der Waals surface area (Å²) in [5.41, 5.74) is -0.188. The summed E-state index contributed by atoms with van der Waals surface area (Å²) in [6, 6.07) is 0. The summed E-state index contributed by atoms with van der Waals surface area (Å²) in [5.74, 6) is 6.10. The van der Waals surface area contributed by atoms with Crippen molar-refractivity contribution in [3.8, 4) is 0 Å². The number of aryl methyl sites for hydroxylation is 1. The van der Waals surface area contributed by atoms with Gasteiger partial charge in [-0.2, -0.15) is 4.98 Å².